The molecule has 0 unspecified atom stereocenters. The third-order valence-electron chi connectivity index (χ3n) is 3.55. The minimum atomic E-state index is -0.357. The molecule has 0 fully saturated rings. The fraction of sp³-hybridized carbons (Fsp3) is 0.353. The Morgan fingerprint density at radius 2 is 2.22 bits per heavy atom. The van der Waals surface area contributed by atoms with Crippen molar-refractivity contribution in [2.45, 2.75) is 26.9 Å². The highest BCUT2D eigenvalue weighted by Crippen LogP contribution is 2.26. The number of rotatable bonds is 7. The van der Waals surface area contributed by atoms with Crippen LogP contribution in [-0.4, -0.2) is 28.1 Å². The van der Waals surface area contributed by atoms with Crippen LogP contribution in [0.2, 0.25) is 0 Å². The first-order valence-electron chi connectivity index (χ1n) is 7.30. The van der Waals surface area contributed by atoms with Crippen molar-refractivity contribution in [1.29, 1.82) is 0 Å². The molecule has 23 heavy (non-hydrogen) atoms. The minimum absolute atomic E-state index is 0.0306. The van der Waals surface area contributed by atoms with E-state index >= 15 is 0 Å². The van der Waals surface area contributed by atoms with Gasteiger partial charge in [-0.05, 0) is 26.0 Å². The zero-order chi connectivity index (χ0) is 16.8. The summed E-state index contributed by atoms with van der Waals surface area (Å²) < 4.78 is 20.7. The van der Waals surface area contributed by atoms with Crippen molar-refractivity contribution in [3.05, 3.63) is 41.0 Å². The average Bonchev–Trinajstić information content (AvgIpc) is 2.79. The third-order valence-corrected chi connectivity index (χ3v) is 3.55. The highest BCUT2D eigenvalue weighted by atomic mass is 19.1. The Hall–Kier alpha value is -2.52. The molecule has 0 spiro atoms. The molecule has 0 radical (unpaired) electrons. The number of hydrogen-bond acceptors (Lipinski definition) is 4. The van der Waals surface area contributed by atoms with Gasteiger partial charge in [0.1, 0.15) is 18.2 Å². The summed E-state index contributed by atoms with van der Waals surface area (Å²) in [6.45, 7) is 4.91. The van der Waals surface area contributed by atoms with Crippen LogP contribution in [0.3, 0.4) is 0 Å². The molecule has 5 nitrogen and oxygen atoms in total. The molecular formula is C17H20FN3O2. The van der Waals surface area contributed by atoms with Crippen LogP contribution in [0.15, 0.2) is 18.2 Å². The predicted octanol–water partition coefficient (Wildman–Crippen LogP) is 2.26. The summed E-state index contributed by atoms with van der Waals surface area (Å²) in [6.07, 6.45) is 5.19. The second kappa shape index (κ2) is 7.65. The van der Waals surface area contributed by atoms with E-state index in [1.54, 1.807) is 10.7 Å². The van der Waals surface area contributed by atoms with E-state index in [0.717, 1.165) is 17.0 Å². The molecule has 1 heterocycles. The molecule has 0 aliphatic rings. The number of benzene rings is 1. The Labute approximate surface area is 135 Å². The zero-order valence-electron chi connectivity index (χ0n) is 13.3. The molecule has 2 aromatic rings. The Bertz CT molecular complexity index is 719. The van der Waals surface area contributed by atoms with Gasteiger partial charge in [0.25, 0.3) is 0 Å². The first-order chi connectivity index (χ1) is 11.1. The van der Waals surface area contributed by atoms with Gasteiger partial charge in [-0.25, -0.2) is 4.39 Å². The normalized spacial score (nSPS) is 10.4. The first-order valence-corrected chi connectivity index (χ1v) is 7.30. The van der Waals surface area contributed by atoms with Crippen molar-refractivity contribution in [2.24, 2.45) is 0 Å². The molecule has 0 bridgehead atoms. The Morgan fingerprint density at radius 3 is 2.91 bits per heavy atom. The molecule has 0 saturated carbocycles. The van der Waals surface area contributed by atoms with Crippen molar-refractivity contribution in [3.63, 3.8) is 0 Å². The number of hydrogen-bond donors (Lipinski definition) is 2. The minimum Gasteiger partial charge on any atom is -0.479 e. The monoisotopic (exact) mass is 317 g/mol. The van der Waals surface area contributed by atoms with E-state index in [-0.39, 0.29) is 19.0 Å². The summed E-state index contributed by atoms with van der Waals surface area (Å²) >= 11 is 0. The van der Waals surface area contributed by atoms with Crippen LogP contribution in [0.25, 0.3) is 0 Å². The maximum atomic E-state index is 13.5. The average molecular weight is 317 g/mol. The maximum absolute atomic E-state index is 13.5. The summed E-state index contributed by atoms with van der Waals surface area (Å²) in [5.74, 6) is 2.53. The molecule has 0 aliphatic carbocycles. The van der Waals surface area contributed by atoms with E-state index < -0.39 is 0 Å². The number of nitrogens with one attached hydrogen (secondary N) is 1. The topological polar surface area (TPSA) is 59.3 Å². The van der Waals surface area contributed by atoms with E-state index in [0.29, 0.717) is 24.5 Å². The molecule has 0 amide bonds. The summed E-state index contributed by atoms with van der Waals surface area (Å²) in [5, 5.41) is 16.6. The molecule has 122 valence electrons. The first kappa shape index (κ1) is 16.8. The molecule has 1 aromatic heterocycles. The number of aliphatic hydroxyl groups is 1. The van der Waals surface area contributed by atoms with E-state index in [4.69, 9.17) is 16.3 Å². The van der Waals surface area contributed by atoms with E-state index in [9.17, 15) is 4.39 Å². The van der Waals surface area contributed by atoms with Gasteiger partial charge in [0.15, 0.2) is 0 Å². The fourth-order valence-electron chi connectivity index (χ4n) is 2.37. The smallest absolute Gasteiger partial charge is 0.148 e. The molecule has 1 aromatic carbocycles. The van der Waals surface area contributed by atoms with Crippen LogP contribution < -0.4 is 10.1 Å². The molecule has 0 saturated heterocycles. The molecule has 0 aliphatic heterocycles. The summed E-state index contributed by atoms with van der Waals surface area (Å²) in [4.78, 5) is 0. The maximum Gasteiger partial charge on any atom is 0.148 e. The molecule has 6 heteroatoms. The van der Waals surface area contributed by atoms with Crippen molar-refractivity contribution >= 4 is 5.69 Å². The largest absolute Gasteiger partial charge is 0.479 e. The van der Waals surface area contributed by atoms with Gasteiger partial charge < -0.3 is 15.2 Å². The van der Waals surface area contributed by atoms with Crippen LogP contribution in [0.4, 0.5) is 10.1 Å². The molecule has 0 atom stereocenters. The molecule has 2 N–H and O–H groups in total. The van der Waals surface area contributed by atoms with Gasteiger partial charge in [0.05, 0.1) is 24.5 Å². The number of nitrogens with zero attached hydrogens (tertiary/aromatic N) is 2. The summed E-state index contributed by atoms with van der Waals surface area (Å²) in [5.41, 5.74) is 3.37. The highest BCUT2D eigenvalue weighted by Gasteiger charge is 2.12. The van der Waals surface area contributed by atoms with E-state index in [1.807, 2.05) is 13.8 Å². The lowest BCUT2D eigenvalue weighted by Crippen LogP contribution is -2.08. The van der Waals surface area contributed by atoms with Crippen LogP contribution in [0.5, 0.6) is 5.75 Å². The Kier molecular flexibility index (Phi) is 5.61. The lowest BCUT2D eigenvalue weighted by Gasteiger charge is -2.12. The van der Waals surface area contributed by atoms with Crippen molar-refractivity contribution in [1.82, 2.24) is 9.78 Å². The van der Waals surface area contributed by atoms with Gasteiger partial charge in [-0.3, -0.25) is 4.68 Å². The van der Waals surface area contributed by atoms with Crippen LogP contribution in [0, 0.1) is 32.0 Å². The van der Waals surface area contributed by atoms with Gasteiger partial charge in [-0.15, -0.1) is 6.42 Å². The fourth-order valence-corrected chi connectivity index (χ4v) is 2.37. The van der Waals surface area contributed by atoms with Gasteiger partial charge in [-0.2, -0.15) is 5.10 Å². The Morgan fingerprint density at radius 1 is 1.43 bits per heavy atom. The quantitative estimate of drug-likeness (QED) is 0.769. The second-order valence-corrected chi connectivity index (χ2v) is 5.08. The number of ether oxygens (including phenoxy) is 1. The lowest BCUT2D eigenvalue weighted by molar-refractivity contribution is 0.268. The number of aliphatic hydroxyl groups excluding tert-OH is 1. The van der Waals surface area contributed by atoms with Gasteiger partial charge in [0.2, 0.25) is 0 Å². The Balaban J connectivity index is 2.18. The lowest BCUT2D eigenvalue weighted by atomic mass is 10.2. The number of terminal acetylenes is 1. The second-order valence-electron chi connectivity index (χ2n) is 5.08. The number of halogens is 1. The van der Waals surface area contributed by atoms with E-state index in [1.165, 1.54) is 12.1 Å². The van der Waals surface area contributed by atoms with Crippen LogP contribution >= 0.6 is 0 Å². The summed E-state index contributed by atoms with van der Waals surface area (Å²) in [7, 11) is 0. The molecule has 2 rings (SSSR count). The number of aryl methyl sites for hydroxylation is 1. The van der Waals surface area contributed by atoms with Crippen LogP contribution in [0.1, 0.15) is 17.0 Å². The third kappa shape index (κ3) is 4.02. The van der Waals surface area contributed by atoms with Gasteiger partial charge in [-0.1, -0.05) is 5.92 Å². The van der Waals surface area contributed by atoms with Crippen molar-refractivity contribution in [2.75, 3.05) is 18.5 Å². The van der Waals surface area contributed by atoms with Crippen molar-refractivity contribution < 1.29 is 14.2 Å². The zero-order valence-corrected chi connectivity index (χ0v) is 13.3. The number of anilines is 1. The highest BCUT2D eigenvalue weighted by molar-refractivity contribution is 5.57. The van der Waals surface area contributed by atoms with Gasteiger partial charge >= 0.3 is 0 Å². The SMILES string of the molecule is C#CCOc1ccc(F)cc1NCc1c(C)nn(CCO)c1C. The standard InChI is InChI=1S/C17H20FN3O2/c1-4-9-23-17-6-5-14(18)10-16(17)19-11-15-12(2)20-21(7-8-22)13(15)3/h1,5-6,10,19,22H,7-9,11H2,2-3H3. The summed E-state index contributed by atoms with van der Waals surface area (Å²) in [6, 6.07) is 4.24. The van der Waals surface area contributed by atoms with Crippen LogP contribution in [-0.2, 0) is 13.1 Å². The molecular weight excluding hydrogens is 297 g/mol. The number of aromatic nitrogens is 2. The predicted molar refractivity (Wildman–Crippen MR) is 86.8 cm³/mol. The van der Waals surface area contributed by atoms with Gasteiger partial charge in [0, 0.05) is 23.9 Å². The van der Waals surface area contributed by atoms with Crippen molar-refractivity contribution in [3.8, 4) is 18.1 Å². The van der Waals surface area contributed by atoms with E-state index in [2.05, 4.69) is 16.3 Å².